The van der Waals surface area contributed by atoms with Crippen LogP contribution >= 0.6 is 0 Å². The molecular formula is C12H12F2N2O3S. The quantitative estimate of drug-likeness (QED) is 0.664. The van der Waals surface area contributed by atoms with Gasteiger partial charge in [-0.2, -0.15) is 5.10 Å². The van der Waals surface area contributed by atoms with Crippen molar-refractivity contribution in [2.75, 3.05) is 11.5 Å². The SMILES string of the molecule is O=C(N/N=C\c1ccc(F)cc1F)[C@H]1CCS(=O)(=O)C1. The number of carbonyl (C=O) groups is 1. The summed E-state index contributed by atoms with van der Waals surface area (Å²) in [5.74, 6) is -2.87. The van der Waals surface area contributed by atoms with Crippen molar-refractivity contribution in [3.8, 4) is 0 Å². The Bertz CT molecular complexity index is 659. The van der Waals surface area contributed by atoms with Crippen molar-refractivity contribution in [1.29, 1.82) is 0 Å². The standard InChI is InChI=1S/C12H12F2N2O3S/c13-10-2-1-8(11(14)5-10)6-15-16-12(17)9-3-4-20(18,19)7-9/h1-2,5-6,9H,3-4,7H2,(H,16,17)/b15-6-/t9-/m0/s1. The largest absolute Gasteiger partial charge is 0.273 e. The molecule has 108 valence electrons. The second-order valence-corrected chi connectivity index (χ2v) is 6.73. The number of nitrogens with one attached hydrogen (secondary N) is 1. The molecule has 0 aromatic heterocycles. The molecule has 0 unspecified atom stereocenters. The smallest absolute Gasteiger partial charge is 0.244 e. The third-order valence-electron chi connectivity index (χ3n) is 2.94. The van der Waals surface area contributed by atoms with Crippen LogP contribution in [0.15, 0.2) is 23.3 Å². The Balaban J connectivity index is 1.95. The molecule has 0 radical (unpaired) electrons. The van der Waals surface area contributed by atoms with Crippen LogP contribution in [0.4, 0.5) is 8.78 Å². The van der Waals surface area contributed by atoms with Crippen LogP contribution in [0, 0.1) is 17.6 Å². The average Bonchev–Trinajstić information content (AvgIpc) is 2.72. The normalized spacial score (nSPS) is 21.2. The number of benzene rings is 1. The molecule has 1 amide bonds. The molecule has 8 heteroatoms. The summed E-state index contributed by atoms with van der Waals surface area (Å²) in [5, 5.41) is 3.54. The first-order valence-corrected chi connectivity index (χ1v) is 7.68. The fourth-order valence-electron chi connectivity index (χ4n) is 1.86. The van der Waals surface area contributed by atoms with Crippen molar-refractivity contribution >= 4 is 22.0 Å². The summed E-state index contributed by atoms with van der Waals surface area (Å²) in [7, 11) is -3.14. The Morgan fingerprint density at radius 2 is 2.15 bits per heavy atom. The molecule has 0 aliphatic carbocycles. The van der Waals surface area contributed by atoms with E-state index in [4.69, 9.17) is 0 Å². The Kier molecular flexibility index (Phi) is 4.12. The fourth-order valence-corrected chi connectivity index (χ4v) is 3.61. The second-order valence-electron chi connectivity index (χ2n) is 4.50. The predicted octanol–water partition coefficient (Wildman–Crippen LogP) is 0.850. The Hall–Kier alpha value is -1.83. The molecule has 0 bridgehead atoms. The molecule has 1 atom stereocenters. The molecule has 1 saturated heterocycles. The van der Waals surface area contributed by atoms with Gasteiger partial charge in [0.15, 0.2) is 9.84 Å². The van der Waals surface area contributed by atoms with Gasteiger partial charge >= 0.3 is 0 Å². The minimum Gasteiger partial charge on any atom is -0.273 e. The van der Waals surface area contributed by atoms with Gasteiger partial charge in [-0.1, -0.05) is 0 Å². The molecule has 1 N–H and O–H groups in total. The number of sulfone groups is 1. The lowest BCUT2D eigenvalue weighted by molar-refractivity contribution is -0.124. The van der Waals surface area contributed by atoms with E-state index in [1.807, 2.05) is 0 Å². The van der Waals surface area contributed by atoms with E-state index in [0.29, 0.717) is 6.07 Å². The van der Waals surface area contributed by atoms with Crippen LogP contribution < -0.4 is 5.43 Å². The van der Waals surface area contributed by atoms with Crippen molar-refractivity contribution in [2.45, 2.75) is 6.42 Å². The zero-order chi connectivity index (χ0) is 14.8. The maximum absolute atomic E-state index is 13.3. The fraction of sp³-hybridized carbons (Fsp3) is 0.333. The first-order chi connectivity index (χ1) is 9.37. The zero-order valence-corrected chi connectivity index (χ0v) is 11.2. The highest BCUT2D eigenvalue weighted by Crippen LogP contribution is 2.18. The Morgan fingerprint density at radius 1 is 1.40 bits per heavy atom. The number of amides is 1. The monoisotopic (exact) mass is 302 g/mol. The van der Waals surface area contributed by atoms with E-state index >= 15 is 0 Å². The maximum Gasteiger partial charge on any atom is 0.244 e. The molecule has 5 nitrogen and oxygen atoms in total. The van der Waals surface area contributed by atoms with Gasteiger partial charge in [0.2, 0.25) is 5.91 Å². The van der Waals surface area contributed by atoms with Crippen LogP contribution in [0.25, 0.3) is 0 Å². The number of hydrogen-bond acceptors (Lipinski definition) is 4. The van der Waals surface area contributed by atoms with Gasteiger partial charge in [0.1, 0.15) is 11.6 Å². The lowest BCUT2D eigenvalue weighted by atomic mass is 10.1. The number of halogens is 2. The van der Waals surface area contributed by atoms with Crippen LogP contribution in [0.2, 0.25) is 0 Å². The van der Waals surface area contributed by atoms with Gasteiger partial charge in [0.05, 0.1) is 23.6 Å². The van der Waals surface area contributed by atoms with E-state index in [0.717, 1.165) is 12.3 Å². The van der Waals surface area contributed by atoms with Crippen molar-refractivity contribution in [1.82, 2.24) is 5.43 Å². The van der Waals surface area contributed by atoms with E-state index in [2.05, 4.69) is 10.5 Å². The molecule has 1 aromatic rings. The lowest BCUT2D eigenvalue weighted by Gasteiger charge is -2.04. The van der Waals surface area contributed by atoms with Gasteiger partial charge in [-0.25, -0.2) is 22.6 Å². The number of rotatable bonds is 3. The zero-order valence-electron chi connectivity index (χ0n) is 10.3. The van der Waals surface area contributed by atoms with Crippen molar-refractivity contribution in [3.05, 3.63) is 35.4 Å². The molecule has 0 saturated carbocycles. The predicted molar refractivity (Wildman–Crippen MR) is 68.9 cm³/mol. The first kappa shape index (κ1) is 14.6. The maximum atomic E-state index is 13.3. The third kappa shape index (κ3) is 3.60. The minimum absolute atomic E-state index is 0.0125. The van der Waals surface area contributed by atoms with Crippen LogP contribution in [0.5, 0.6) is 0 Å². The van der Waals surface area contributed by atoms with Crippen molar-refractivity contribution < 1.29 is 22.0 Å². The first-order valence-electron chi connectivity index (χ1n) is 5.86. The Labute approximate surface area is 114 Å². The number of nitrogens with zero attached hydrogens (tertiary/aromatic N) is 1. The molecule has 1 aromatic carbocycles. The van der Waals surface area contributed by atoms with E-state index in [1.165, 1.54) is 6.07 Å². The summed E-state index contributed by atoms with van der Waals surface area (Å²) in [5.41, 5.74) is 2.18. The number of hydrazone groups is 1. The lowest BCUT2D eigenvalue weighted by Crippen LogP contribution is -2.27. The van der Waals surface area contributed by atoms with Crippen LogP contribution in [-0.2, 0) is 14.6 Å². The van der Waals surface area contributed by atoms with E-state index in [1.54, 1.807) is 0 Å². The molecule has 1 heterocycles. The molecular weight excluding hydrogens is 290 g/mol. The molecule has 1 aliphatic rings. The Morgan fingerprint density at radius 3 is 2.75 bits per heavy atom. The molecule has 1 fully saturated rings. The highest BCUT2D eigenvalue weighted by atomic mass is 32.2. The summed E-state index contributed by atoms with van der Waals surface area (Å²) in [6.07, 6.45) is 1.30. The summed E-state index contributed by atoms with van der Waals surface area (Å²) in [4.78, 5) is 11.6. The van der Waals surface area contributed by atoms with Crippen molar-refractivity contribution in [2.24, 2.45) is 11.0 Å². The molecule has 20 heavy (non-hydrogen) atoms. The van der Waals surface area contributed by atoms with Gasteiger partial charge in [0.25, 0.3) is 0 Å². The van der Waals surface area contributed by atoms with E-state index < -0.39 is 33.3 Å². The minimum atomic E-state index is -3.14. The van der Waals surface area contributed by atoms with Gasteiger partial charge in [0, 0.05) is 11.6 Å². The van der Waals surface area contributed by atoms with Gasteiger partial charge in [-0.3, -0.25) is 4.79 Å². The third-order valence-corrected chi connectivity index (χ3v) is 4.71. The van der Waals surface area contributed by atoms with Crippen molar-refractivity contribution in [3.63, 3.8) is 0 Å². The summed E-state index contributed by atoms with van der Waals surface area (Å²) >= 11 is 0. The van der Waals surface area contributed by atoms with Crippen LogP contribution in [0.3, 0.4) is 0 Å². The van der Waals surface area contributed by atoms with Crippen LogP contribution in [0.1, 0.15) is 12.0 Å². The second kappa shape index (κ2) is 5.66. The summed E-state index contributed by atoms with van der Waals surface area (Å²) in [6, 6.07) is 2.95. The summed E-state index contributed by atoms with van der Waals surface area (Å²) in [6.45, 7) is 0. The van der Waals surface area contributed by atoms with E-state index in [-0.39, 0.29) is 23.5 Å². The highest BCUT2D eigenvalue weighted by Gasteiger charge is 2.32. The average molecular weight is 302 g/mol. The number of hydrogen-bond donors (Lipinski definition) is 1. The highest BCUT2D eigenvalue weighted by molar-refractivity contribution is 7.91. The molecule has 0 spiro atoms. The topological polar surface area (TPSA) is 75.6 Å². The molecule has 2 rings (SSSR count). The van der Waals surface area contributed by atoms with Gasteiger partial charge in [-0.05, 0) is 18.6 Å². The van der Waals surface area contributed by atoms with Crippen LogP contribution in [-0.4, -0.2) is 32.0 Å². The van der Waals surface area contributed by atoms with Gasteiger partial charge in [-0.15, -0.1) is 0 Å². The number of carbonyl (C=O) groups excluding carboxylic acids is 1. The summed E-state index contributed by atoms with van der Waals surface area (Å²) < 4.78 is 48.3. The van der Waals surface area contributed by atoms with E-state index in [9.17, 15) is 22.0 Å². The molecule has 1 aliphatic heterocycles. The van der Waals surface area contributed by atoms with Gasteiger partial charge < -0.3 is 0 Å².